The van der Waals surface area contributed by atoms with E-state index in [1.807, 2.05) is 0 Å². The van der Waals surface area contributed by atoms with Crippen LogP contribution in [0.2, 0.25) is 0 Å². The van der Waals surface area contributed by atoms with Crippen LogP contribution in [-0.4, -0.2) is 71.9 Å². The number of aliphatic hydroxyl groups is 1. The van der Waals surface area contributed by atoms with Crippen LogP contribution in [0.1, 0.15) is 18.4 Å². The van der Waals surface area contributed by atoms with Gasteiger partial charge in [0.25, 0.3) is 0 Å². The fraction of sp³-hybridized carbons (Fsp3) is 0.444. The molecule has 0 aliphatic rings. The maximum Gasteiger partial charge on any atom is 0.245 e. The summed E-state index contributed by atoms with van der Waals surface area (Å²) in [5.41, 5.74) is 5.83. The van der Waals surface area contributed by atoms with Gasteiger partial charge in [0.05, 0.1) is 12.8 Å². The molecule has 1 aromatic heterocycles. The Morgan fingerprint density at radius 2 is 1.70 bits per heavy atom. The average Bonchev–Trinajstić information content (AvgIpc) is 2.71. The molecular formula is C18H26N6O6. The lowest BCUT2D eigenvalue weighted by molar-refractivity contribution is -0.133. The lowest BCUT2D eigenvalue weighted by atomic mass is 10.1. The number of nitrogens with zero attached hydrogens (tertiary/aromatic N) is 1. The molecule has 1 rings (SSSR count). The number of amides is 5. The molecule has 0 unspecified atom stereocenters. The van der Waals surface area contributed by atoms with Gasteiger partial charge in [-0.15, -0.1) is 0 Å². The highest BCUT2D eigenvalue weighted by Gasteiger charge is 2.27. The molecule has 0 fully saturated rings. The van der Waals surface area contributed by atoms with E-state index in [1.54, 1.807) is 12.1 Å². The van der Waals surface area contributed by atoms with E-state index in [0.717, 1.165) is 0 Å². The monoisotopic (exact) mass is 422 g/mol. The standard InChI is InChI=1S/C18H26N6O6/c1-20-17(29)12(4-7-22-16(28)10-25)24-18(30)13(9-14(19)26)23-15(27)8-11-2-5-21-6-3-11/h2-3,5-6,12-13,25H,4,7-10H2,1H3,(H2,19,26)(H,20,29)(H,22,28)(H,23,27)(H,24,30)/t12-,13-/m0/s1. The van der Waals surface area contributed by atoms with Gasteiger partial charge >= 0.3 is 0 Å². The van der Waals surface area contributed by atoms with E-state index in [-0.39, 0.29) is 19.4 Å². The molecule has 0 saturated heterocycles. The van der Waals surface area contributed by atoms with E-state index in [9.17, 15) is 24.0 Å². The van der Waals surface area contributed by atoms with E-state index in [2.05, 4.69) is 26.3 Å². The van der Waals surface area contributed by atoms with Crippen molar-refractivity contribution in [3.63, 3.8) is 0 Å². The average molecular weight is 422 g/mol. The first kappa shape index (κ1) is 24.5. The lowest BCUT2D eigenvalue weighted by Gasteiger charge is -2.22. The zero-order valence-electron chi connectivity index (χ0n) is 16.5. The van der Waals surface area contributed by atoms with Crippen molar-refractivity contribution in [1.29, 1.82) is 0 Å². The summed E-state index contributed by atoms with van der Waals surface area (Å²) in [5.74, 6) is -3.28. The van der Waals surface area contributed by atoms with Gasteiger partial charge in [0.1, 0.15) is 18.7 Å². The van der Waals surface area contributed by atoms with Crippen LogP contribution < -0.4 is 27.0 Å². The number of hydrogen-bond donors (Lipinski definition) is 6. The Labute approximate surface area is 173 Å². The van der Waals surface area contributed by atoms with Gasteiger partial charge < -0.3 is 32.1 Å². The number of nitrogens with two attached hydrogens (primary N) is 1. The molecule has 5 amide bonds. The molecule has 2 atom stereocenters. The zero-order chi connectivity index (χ0) is 22.5. The third-order valence-electron chi connectivity index (χ3n) is 3.95. The lowest BCUT2D eigenvalue weighted by Crippen LogP contribution is -2.55. The van der Waals surface area contributed by atoms with Crippen molar-refractivity contribution in [2.45, 2.75) is 31.3 Å². The van der Waals surface area contributed by atoms with Crippen molar-refractivity contribution < 1.29 is 29.1 Å². The number of nitrogens with one attached hydrogen (secondary N) is 4. The third kappa shape index (κ3) is 9.10. The Bertz CT molecular complexity index is 757. The number of carbonyl (C=O) groups is 5. The van der Waals surface area contributed by atoms with Crippen LogP contribution in [-0.2, 0) is 30.4 Å². The molecule has 0 aromatic carbocycles. The topological polar surface area (TPSA) is 193 Å². The summed E-state index contributed by atoms with van der Waals surface area (Å²) in [5, 5.41) is 18.3. The molecule has 0 radical (unpaired) electrons. The normalized spacial score (nSPS) is 12.2. The number of pyridine rings is 1. The minimum Gasteiger partial charge on any atom is -0.387 e. The number of carbonyl (C=O) groups excluding carboxylic acids is 5. The summed E-state index contributed by atoms with van der Waals surface area (Å²) in [7, 11) is 1.37. The van der Waals surface area contributed by atoms with Crippen LogP contribution in [0.4, 0.5) is 0 Å². The van der Waals surface area contributed by atoms with E-state index in [4.69, 9.17) is 10.8 Å². The quantitative estimate of drug-likeness (QED) is 0.203. The van der Waals surface area contributed by atoms with Crippen molar-refractivity contribution in [3.8, 4) is 0 Å². The highest BCUT2D eigenvalue weighted by atomic mass is 16.3. The number of hydrogen-bond acceptors (Lipinski definition) is 7. The van der Waals surface area contributed by atoms with Crippen molar-refractivity contribution in [2.24, 2.45) is 5.73 Å². The first-order valence-corrected chi connectivity index (χ1v) is 9.12. The first-order chi connectivity index (χ1) is 14.3. The van der Waals surface area contributed by atoms with Crippen molar-refractivity contribution in [1.82, 2.24) is 26.3 Å². The van der Waals surface area contributed by atoms with E-state index in [1.165, 1.54) is 19.4 Å². The molecule has 164 valence electrons. The Morgan fingerprint density at radius 3 is 2.27 bits per heavy atom. The van der Waals surface area contributed by atoms with Crippen LogP contribution in [0.3, 0.4) is 0 Å². The minimum atomic E-state index is -1.28. The smallest absolute Gasteiger partial charge is 0.245 e. The predicted molar refractivity (Wildman–Crippen MR) is 104 cm³/mol. The Kier molecular flexibility index (Phi) is 10.5. The Balaban J connectivity index is 2.77. The second kappa shape index (κ2) is 12.8. The summed E-state index contributed by atoms with van der Waals surface area (Å²) in [6, 6.07) is 0.931. The van der Waals surface area contributed by atoms with E-state index >= 15 is 0 Å². The largest absolute Gasteiger partial charge is 0.387 e. The van der Waals surface area contributed by atoms with Crippen molar-refractivity contribution in [2.75, 3.05) is 20.2 Å². The number of rotatable bonds is 12. The molecular weight excluding hydrogens is 396 g/mol. The molecule has 1 heterocycles. The molecule has 12 heteroatoms. The molecule has 7 N–H and O–H groups in total. The molecule has 0 bridgehead atoms. The second-order valence-electron chi connectivity index (χ2n) is 6.29. The highest BCUT2D eigenvalue weighted by molar-refractivity contribution is 5.94. The maximum atomic E-state index is 12.6. The highest BCUT2D eigenvalue weighted by Crippen LogP contribution is 2.01. The fourth-order valence-corrected chi connectivity index (χ4v) is 2.47. The molecule has 0 aliphatic carbocycles. The van der Waals surface area contributed by atoms with Gasteiger partial charge in [-0.2, -0.15) is 0 Å². The predicted octanol–water partition coefficient (Wildman–Crippen LogP) is -3.29. The van der Waals surface area contributed by atoms with Crippen LogP contribution in [0.5, 0.6) is 0 Å². The van der Waals surface area contributed by atoms with Gasteiger partial charge in [0.15, 0.2) is 0 Å². The summed E-state index contributed by atoms with van der Waals surface area (Å²) in [6.07, 6.45) is 2.54. The molecule has 30 heavy (non-hydrogen) atoms. The van der Waals surface area contributed by atoms with Gasteiger partial charge in [-0.1, -0.05) is 0 Å². The van der Waals surface area contributed by atoms with Crippen LogP contribution in [0, 0.1) is 0 Å². The van der Waals surface area contributed by atoms with Gasteiger partial charge in [0.2, 0.25) is 29.5 Å². The molecule has 0 saturated carbocycles. The molecule has 0 spiro atoms. The summed E-state index contributed by atoms with van der Waals surface area (Å²) >= 11 is 0. The molecule has 12 nitrogen and oxygen atoms in total. The number of likely N-dealkylation sites (N-methyl/N-ethyl adjacent to an activating group) is 1. The van der Waals surface area contributed by atoms with Crippen molar-refractivity contribution >= 4 is 29.5 Å². The molecule has 1 aromatic rings. The summed E-state index contributed by atoms with van der Waals surface area (Å²) in [6.45, 7) is -0.701. The van der Waals surface area contributed by atoms with Crippen LogP contribution in [0.25, 0.3) is 0 Å². The minimum absolute atomic E-state index is 0.00660. The second-order valence-corrected chi connectivity index (χ2v) is 6.29. The van der Waals surface area contributed by atoms with Crippen molar-refractivity contribution in [3.05, 3.63) is 30.1 Å². The first-order valence-electron chi connectivity index (χ1n) is 9.12. The summed E-state index contributed by atoms with van der Waals surface area (Å²) < 4.78 is 0. The van der Waals surface area contributed by atoms with Crippen LogP contribution in [0.15, 0.2) is 24.5 Å². The van der Waals surface area contributed by atoms with E-state index in [0.29, 0.717) is 5.56 Å². The number of aromatic nitrogens is 1. The number of primary amides is 1. The van der Waals surface area contributed by atoms with Gasteiger partial charge in [0, 0.05) is 26.0 Å². The number of aliphatic hydroxyl groups excluding tert-OH is 1. The zero-order valence-corrected chi connectivity index (χ0v) is 16.5. The molecule has 0 aliphatic heterocycles. The summed E-state index contributed by atoms with van der Waals surface area (Å²) in [4.78, 5) is 63.2. The maximum absolute atomic E-state index is 12.6. The van der Waals surface area contributed by atoms with Gasteiger partial charge in [-0.25, -0.2) is 0 Å². The fourth-order valence-electron chi connectivity index (χ4n) is 2.47. The third-order valence-corrected chi connectivity index (χ3v) is 3.95. The van der Waals surface area contributed by atoms with Gasteiger partial charge in [-0.05, 0) is 24.1 Å². The van der Waals surface area contributed by atoms with E-state index < -0.39 is 54.6 Å². The van der Waals surface area contributed by atoms with Gasteiger partial charge in [-0.3, -0.25) is 29.0 Å². The Hall–Kier alpha value is -3.54. The Morgan fingerprint density at radius 1 is 1.03 bits per heavy atom. The SMILES string of the molecule is CNC(=O)[C@H](CCNC(=O)CO)NC(=O)[C@H](CC(N)=O)NC(=O)Cc1ccncc1. The van der Waals surface area contributed by atoms with Crippen LogP contribution >= 0.6 is 0 Å².